The van der Waals surface area contributed by atoms with Crippen molar-refractivity contribution in [3.63, 3.8) is 0 Å². The summed E-state index contributed by atoms with van der Waals surface area (Å²) in [5.74, 6) is -0.295. The Labute approximate surface area is 209 Å². The molecule has 37 heavy (non-hydrogen) atoms. The zero-order valence-electron chi connectivity index (χ0n) is 19.7. The van der Waals surface area contributed by atoms with Gasteiger partial charge in [-0.2, -0.15) is 0 Å². The first kappa shape index (κ1) is 23.8. The molecule has 13 heteroatoms. The number of nitrogens with two attached hydrogens (primary N) is 1. The van der Waals surface area contributed by atoms with Crippen molar-refractivity contribution in [3.05, 3.63) is 82.0 Å². The molecule has 2 aromatic heterocycles. The molecule has 0 saturated heterocycles. The van der Waals surface area contributed by atoms with Gasteiger partial charge in [0.15, 0.2) is 17.4 Å². The third-order valence-electron chi connectivity index (χ3n) is 5.64. The van der Waals surface area contributed by atoms with Gasteiger partial charge in [0.2, 0.25) is 11.5 Å². The van der Waals surface area contributed by atoms with Gasteiger partial charge in [-0.3, -0.25) is 10.4 Å². The molecule has 2 aromatic carbocycles. The first-order valence-corrected chi connectivity index (χ1v) is 11.3. The van der Waals surface area contributed by atoms with Crippen LogP contribution < -0.4 is 31.0 Å². The van der Waals surface area contributed by atoms with E-state index in [9.17, 15) is 4.79 Å². The van der Waals surface area contributed by atoms with Gasteiger partial charge in [0.05, 0.1) is 20.3 Å². The average Bonchev–Trinajstić information content (AvgIpc) is 3.13. The van der Waals surface area contributed by atoms with E-state index in [1.54, 1.807) is 30.3 Å². The molecular formula is C24H23FN8O4. The van der Waals surface area contributed by atoms with E-state index in [0.29, 0.717) is 24.3 Å². The molecule has 1 atom stereocenters. The average molecular weight is 506 g/mol. The van der Waals surface area contributed by atoms with Crippen molar-refractivity contribution in [1.29, 1.82) is 5.41 Å². The molecular weight excluding hydrogens is 483 g/mol. The quantitative estimate of drug-likeness (QED) is 0.217. The number of nitrogens with zero attached hydrogens (tertiary/aromatic N) is 4. The fourth-order valence-corrected chi connectivity index (χ4v) is 3.86. The summed E-state index contributed by atoms with van der Waals surface area (Å²) in [7, 11) is 1.44. The highest BCUT2D eigenvalue weighted by atomic mass is 19.1. The third kappa shape index (κ3) is 4.66. The molecule has 0 unspecified atom stereocenters. The van der Waals surface area contributed by atoms with Crippen LogP contribution in [-0.4, -0.2) is 50.9 Å². The van der Waals surface area contributed by atoms with Gasteiger partial charge in [0.1, 0.15) is 11.9 Å². The van der Waals surface area contributed by atoms with Crippen LogP contribution in [0.4, 0.5) is 10.1 Å². The summed E-state index contributed by atoms with van der Waals surface area (Å²) in [6.45, 7) is 0.610. The Morgan fingerprint density at radius 1 is 1.22 bits per heavy atom. The fourth-order valence-electron chi connectivity index (χ4n) is 3.86. The van der Waals surface area contributed by atoms with Crippen molar-refractivity contribution in [2.24, 2.45) is 5.73 Å². The minimum atomic E-state index is -1.01. The number of fused-ring (bicyclic) bond motifs is 1. The van der Waals surface area contributed by atoms with E-state index >= 15 is 4.39 Å². The van der Waals surface area contributed by atoms with Crippen LogP contribution in [0.1, 0.15) is 29.4 Å². The summed E-state index contributed by atoms with van der Waals surface area (Å²) in [6, 6.07) is 8.72. The molecule has 0 amide bonds. The second-order valence-corrected chi connectivity index (χ2v) is 8.04. The van der Waals surface area contributed by atoms with Crippen LogP contribution in [0.5, 0.6) is 17.2 Å². The van der Waals surface area contributed by atoms with Crippen LogP contribution >= 0.6 is 0 Å². The van der Waals surface area contributed by atoms with Crippen LogP contribution in [0.2, 0.25) is 0 Å². The Hall–Kier alpha value is -4.94. The SMILES string of the molecule is COc1cc([C@H](Nc2ccc(C(=N)N)cc2)c2nn(-c3ncccn3)c(=O)[nH]2)c(F)c2c1OCCCO2. The first-order valence-electron chi connectivity index (χ1n) is 11.3. The van der Waals surface area contributed by atoms with Crippen molar-refractivity contribution in [2.75, 3.05) is 25.6 Å². The van der Waals surface area contributed by atoms with Gasteiger partial charge in [0, 0.05) is 35.6 Å². The number of rotatable bonds is 7. The van der Waals surface area contributed by atoms with Crippen molar-refractivity contribution in [3.8, 4) is 23.2 Å². The summed E-state index contributed by atoms with van der Waals surface area (Å²) < 4.78 is 33.8. The number of methoxy groups -OCH3 is 1. The van der Waals surface area contributed by atoms with Gasteiger partial charge in [-0.15, -0.1) is 9.78 Å². The van der Waals surface area contributed by atoms with Crippen molar-refractivity contribution < 1.29 is 18.6 Å². The molecule has 5 N–H and O–H groups in total. The number of ether oxygens (including phenoxy) is 3. The first-order chi connectivity index (χ1) is 18.0. The highest BCUT2D eigenvalue weighted by Crippen LogP contribution is 2.45. The minimum Gasteiger partial charge on any atom is -0.493 e. The van der Waals surface area contributed by atoms with E-state index in [1.807, 2.05) is 0 Å². The van der Waals surface area contributed by atoms with Crippen molar-refractivity contribution in [2.45, 2.75) is 12.5 Å². The lowest BCUT2D eigenvalue weighted by molar-refractivity contribution is 0.288. The van der Waals surface area contributed by atoms with E-state index in [1.165, 1.54) is 25.6 Å². The lowest BCUT2D eigenvalue weighted by Gasteiger charge is -2.22. The predicted octanol–water partition coefficient (Wildman–Crippen LogP) is 2.15. The molecule has 1 aliphatic heterocycles. The largest absolute Gasteiger partial charge is 0.493 e. The van der Waals surface area contributed by atoms with E-state index in [0.717, 1.165) is 4.68 Å². The van der Waals surface area contributed by atoms with E-state index in [4.69, 9.17) is 25.4 Å². The fraction of sp³-hybridized carbons (Fsp3) is 0.208. The van der Waals surface area contributed by atoms with Crippen LogP contribution in [0.3, 0.4) is 0 Å². The van der Waals surface area contributed by atoms with Crippen LogP contribution in [0.25, 0.3) is 5.95 Å². The molecule has 190 valence electrons. The number of anilines is 1. The van der Waals surface area contributed by atoms with E-state index < -0.39 is 17.5 Å². The predicted molar refractivity (Wildman–Crippen MR) is 131 cm³/mol. The molecule has 3 heterocycles. The number of halogens is 1. The minimum absolute atomic E-state index is 0.0521. The number of nitrogens with one attached hydrogen (secondary N) is 3. The van der Waals surface area contributed by atoms with Gasteiger partial charge in [-0.05, 0) is 36.4 Å². The Balaban J connectivity index is 1.65. The monoisotopic (exact) mass is 506 g/mol. The second-order valence-electron chi connectivity index (χ2n) is 8.04. The topological polar surface area (TPSA) is 166 Å². The Morgan fingerprint density at radius 2 is 1.92 bits per heavy atom. The van der Waals surface area contributed by atoms with Gasteiger partial charge >= 0.3 is 5.69 Å². The molecule has 12 nitrogen and oxygen atoms in total. The summed E-state index contributed by atoms with van der Waals surface area (Å²) >= 11 is 0. The van der Waals surface area contributed by atoms with Crippen LogP contribution in [0, 0.1) is 11.2 Å². The molecule has 0 fully saturated rings. The number of hydrogen-bond donors (Lipinski definition) is 4. The molecule has 0 spiro atoms. The lowest BCUT2D eigenvalue weighted by atomic mass is 10.0. The molecule has 4 aromatic rings. The van der Waals surface area contributed by atoms with Gasteiger partial charge in [-0.1, -0.05) is 0 Å². The number of amidine groups is 1. The summed E-state index contributed by atoms with van der Waals surface area (Å²) in [5, 5.41) is 15.2. The Kier molecular flexibility index (Phi) is 6.41. The summed E-state index contributed by atoms with van der Waals surface area (Å²) in [6.07, 6.45) is 3.53. The number of aromatic nitrogens is 5. The lowest BCUT2D eigenvalue weighted by Crippen LogP contribution is -2.18. The standard InChI is InChI=1S/C24H23FN8O4/c1-35-16-12-15(17(25)20-19(16)36-10-3-11-37-20)18(30-14-6-4-13(5-7-14)21(26)27)22-31-24(34)33(32-22)23-28-8-2-9-29-23/h2,4-9,12,18,30H,3,10-11H2,1H3,(H3,26,27)(H,31,32,34)/t18-/m0/s1. The number of hydrogen-bond acceptors (Lipinski definition) is 9. The molecule has 0 bridgehead atoms. The molecule has 0 radical (unpaired) electrons. The van der Waals surface area contributed by atoms with Gasteiger partial charge in [-0.25, -0.2) is 19.2 Å². The Bertz CT molecular complexity index is 1490. The van der Waals surface area contributed by atoms with Crippen molar-refractivity contribution in [1.82, 2.24) is 24.7 Å². The Morgan fingerprint density at radius 3 is 2.59 bits per heavy atom. The summed E-state index contributed by atoms with van der Waals surface area (Å²) in [4.78, 5) is 23.6. The molecule has 0 saturated carbocycles. The molecule has 1 aliphatic rings. The van der Waals surface area contributed by atoms with E-state index in [2.05, 4.69) is 25.4 Å². The highest BCUT2D eigenvalue weighted by molar-refractivity contribution is 5.95. The maximum Gasteiger partial charge on any atom is 0.350 e. The molecule has 5 rings (SSSR count). The normalized spacial score (nSPS) is 13.5. The number of benzene rings is 2. The zero-order chi connectivity index (χ0) is 25.9. The van der Waals surface area contributed by atoms with Gasteiger partial charge < -0.3 is 25.3 Å². The highest BCUT2D eigenvalue weighted by Gasteiger charge is 2.31. The number of aromatic amines is 1. The zero-order valence-corrected chi connectivity index (χ0v) is 19.7. The summed E-state index contributed by atoms with van der Waals surface area (Å²) in [5.41, 5.74) is 6.11. The molecule has 0 aliphatic carbocycles. The second kappa shape index (κ2) is 9.97. The van der Waals surface area contributed by atoms with Crippen LogP contribution in [0.15, 0.2) is 53.6 Å². The number of nitrogen functional groups attached to an aromatic ring is 1. The maximum atomic E-state index is 16.0. The van der Waals surface area contributed by atoms with E-state index in [-0.39, 0.29) is 47.0 Å². The van der Waals surface area contributed by atoms with Crippen LogP contribution in [-0.2, 0) is 0 Å². The smallest absolute Gasteiger partial charge is 0.350 e. The number of H-pyrrole nitrogens is 1. The third-order valence-corrected chi connectivity index (χ3v) is 5.64. The van der Waals surface area contributed by atoms with Gasteiger partial charge in [0.25, 0.3) is 5.95 Å². The van der Waals surface area contributed by atoms with Crippen molar-refractivity contribution >= 4 is 11.5 Å². The maximum absolute atomic E-state index is 16.0.